The quantitative estimate of drug-likeness (QED) is 0.907. The highest BCUT2D eigenvalue weighted by Crippen LogP contribution is 2.15. The molecule has 7 heteroatoms. The first-order valence-electron chi connectivity index (χ1n) is 4.11. The summed E-state index contributed by atoms with van der Waals surface area (Å²) in [5, 5.41) is 0.0420. The first-order valence-corrected chi connectivity index (χ1v) is 5.97. The van der Waals surface area contributed by atoms with Gasteiger partial charge in [-0.1, -0.05) is 18.2 Å². The third kappa shape index (κ3) is 3.26. The van der Waals surface area contributed by atoms with Crippen molar-refractivity contribution in [3.8, 4) is 0 Å². The average molecular weight is 268 g/mol. The number of halogens is 3. The molecule has 0 amide bonds. The molecule has 1 aromatic rings. The Kier molecular flexibility index (Phi) is 4.01. The van der Waals surface area contributed by atoms with Gasteiger partial charge in [0.1, 0.15) is 16.5 Å². The topological polar surface area (TPSA) is 46.2 Å². The van der Waals surface area contributed by atoms with Crippen molar-refractivity contribution in [3.05, 3.63) is 41.4 Å². The molecule has 0 aromatic heterocycles. The Morgan fingerprint density at radius 1 is 1.44 bits per heavy atom. The number of sulfonamides is 1. The van der Waals surface area contributed by atoms with E-state index in [1.165, 1.54) is 0 Å². The van der Waals surface area contributed by atoms with Crippen LogP contribution in [0.5, 0.6) is 0 Å². The molecule has 1 rings (SSSR count). The van der Waals surface area contributed by atoms with E-state index in [0.717, 1.165) is 12.1 Å². The summed E-state index contributed by atoms with van der Waals surface area (Å²) in [5.74, 6) is -1.87. The largest absolute Gasteiger partial charge is 0.243 e. The van der Waals surface area contributed by atoms with Gasteiger partial charge >= 0.3 is 0 Å². The van der Waals surface area contributed by atoms with E-state index in [9.17, 15) is 17.2 Å². The molecule has 0 aliphatic carbocycles. The monoisotopic (exact) mass is 267 g/mol. The van der Waals surface area contributed by atoms with E-state index in [1.807, 2.05) is 4.72 Å². The molecule has 16 heavy (non-hydrogen) atoms. The van der Waals surface area contributed by atoms with Crippen molar-refractivity contribution in [2.45, 2.75) is 4.90 Å². The van der Waals surface area contributed by atoms with Gasteiger partial charge in [0.25, 0.3) is 0 Å². The Hall–Kier alpha value is -0.980. The second-order valence-corrected chi connectivity index (χ2v) is 5.19. The summed E-state index contributed by atoms with van der Waals surface area (Å²) in [6, 6.07) is 2.16. The van der Waals surface area contributed by atoms with Crippen molar-refractivity contribution in [2.75, 3.05) is 6.54 Å². The van der Waals surface area contributed by atoms with Gasteiger partial charge in [0, 0.05) is 11.6 Å². The van der Waals surface area contributed by atoms with E-state index in [1.54, 1.807) is 0 Å². The van der Waals surface area contributed by atoms with E-state index < -0.39 is 26.6 Å². The minimum absolute atomic E-state index is 0.0420. The summed E-state index contributed by atoms with van der Waals surface area (Å²) >= 11 is 5.35. The zero-order valence-corrected chi connectivity index (χ0v) is 9.58. The predicted octanol–water partition coefficient (Wildman–Crippen LogP) is 2.00. The van der Waals surface area contributed by atoms with E-state index >= 15 is 0 Å². The SMILES string of the molecule is C=C(Cl)CNS(=O)(=O)c1cc(F)ccc1F. The summed E-state index contributed by atoms with van der Waals surface area (Å²) in [6.45, 7) is 3.01. The van der Waals surface area contributed by atoms with Crippen LogP contribution >= 0.6 is 11.6 Å². The van der Waals surface area contributed by atoms with Crippen LogP contribution in [0.4, 0.5) is 8.78 Å². The molecule has 3 nitrogen and oxygen atoms in total. The van der Waals surface area contributed by atoms with E-state index in [2.05, 4.69) is 6.58 Å². The lowest BCUT2D eigenvalue weighted by Crippen LogP contribution is -2.25. The summed E-state index contributed by atoms with van der Waals surface area (Å²) < 4.78 is 50.9. The zero-order chi connectivity index (χ0) is 12.3. The molecule has 1 aromatic carbocycles. The van der Waals surface area contributed by atoms with Crippen molar-refractivity contribution in [2.24, 2.45) is 0 Å². The van der Waals surface area contributed by atoms with Crippen LogP contribution in [0.2, 0.25) is 0 Å². The Balaban J connectivity index is 3.07. The van der Waals surface area contributed by atoms with Crippen molar-refractivity contribution < 1.29 is 17.2 Å². The predicted molar refractivity (Wildman–Crippen MR) is 56.5 cm³/mol. The summed E-state index contributed by atoms with van der Waals surface area (Å²) in [7, 11) is -4.12. The molecule has 0 spiro atoms. The molecular weight excluding hydrogens is 260 g/mol. The van der Waals surface area contributed by atoms with Gasteiger partial charge in [-0.3, -0.25) is 0 Å². The second-order valence-electron chi connectivity index (χ2n) is 2.92. The van der Waals surface area contributed by atoms with Crippen LogP contribution in [-0.4, -0.2) is 15.0 Å². The van der Waals surface area contributed by atoms with Crippen molar-refractivity contribution in [1.82, 2.24) is 4.72 Å². The third-order valence-electron chi connectivity index (χ3n) is 1.64. The van der Waals surface area contributed by atoms with Gasteiger partial charge in [0.15, 0.2) is 0 Å². The molecule has 0 aliphatic heterocycles. The standard InChI is InChI=1S/C9H8ClF2NO2S/c1-6(10)5-13-16(14,15)9-4-7(11)2-3-8(9)12/h2-4,13H,1,5H2. The Morgan fingerprint density at radius 3 is 2.62 bits per heavy atom. The molecule has 0 unspecified atom stereocenters. The molecule has 0 heterocycles. The molecule has 0 saturated carbocycles. The molecule has 88 valence electrons. The maximum absolute atomic E-state index is 13.1. The molecule has 0 radical (unpaired) electrons. The van der Waals surface area contributed by atoms with E-state index in [-0.39, 0.29) is 11.6 Å². The highest BCUT2D eigenvalue weighted by Gasteiger charge is 2.19. The molecule has 1 N–H and O–H groups in total. The minimum Gasteiger partial charge on any atom is -0.207 e. The lowest BCUT2D eigenvalue weighted by molar-refractivity contribution is 0.547. The lowest BCUT2D eigenvalue weighted by Gasteiger charge is -2.06. The number of hydrogen-bond donors (Lipinski definition) is 1. The Labute approximate surface area is 96.8 Å². The fourth-order valence-electron chi connectivity index (χ4n) is 0.934. The Bertz CT molecular complexity index is 516. The van der Waals surface area contributed by atoms with E-state index in [4.69, 9.17) is 11.6 Å². The van der Waals surface area contributed by atoms with Gasteiger partial charge in [-0.15, -0.1) is 0 Å². The average Bonchev–Trinajstić information content (AvgIpc) is 2.19. The van der Waals surface area contributed by atoms with Crippen LogP contribution in [0.3, 0.4) is 0 Å². The fourth-order valence-corrected chi connectivity index (χ4v) is 2.19. The number of benzene rings is 1. The molecular formula is C9H8ClF2NO2S. The molecule has 0 bridgehead atoms. The van der Waals surface area contributed by atoms with Crippen molar-refractivity contribution in [3.63, 3.8) is 0 Å². The van der Waals surface area contributed by atoms with Gasteiger partial charge in [-0.05, 0) is 18.2 Å². The fraction of sp³-hybridized carbons (Fsp3) is 0.111. The first-order chi connectivity index (χ1) is 7.33. The highest BCUT2D eigenvalue weighted by atomic mass is 35.5. The van der Waals surface area contributed by atoms with Crippen molar-refractivity contribution in [1.29, 1.82) is 0 Å². The number of rotatable bonds is 4. The molecule has 0 fully saturated rings. The van der Waals surface area contributed by atoms with Crippen LogP contribution < -0.4 is 4.72 Å². The Morgan fingerprint density at radius 2 is 2.06 bits per heavy atom. The van der Waals surface area contributed by atoms with Crippen LogP contribution in [0, 0.1) is 11.6 Å². The second kappa shape index (κ2) is 4.90. The third-order valence-corrected chi connectivity index (χ3v) is 3.19. The normalized spacial score (nSPS) is 11.4. The van der Waals surface area contributed by atoms with Gasteiger partial charge in [0.2, 0.25) is 10.0 Å². The number of nitrogens with one attached hydrogen (secondary N) is 1. The van der Waals surface area contributed by atoms with Crippen LogP contribution in [0.15, 0.2) is 34.7 Å². The zero-order valence-electron chi connectivity index (χ0n) is 8.00. The van der Waals surface area contributed by atoms with Crippen LogP contribution in [0.1, 0.15) is 0 Å². The first kappa shape index (κ1) is 13.1. The van der Waals surface area contributed by atoms with Gasteiger partial charge < -0.3 is 0 Å². The van der Waals surface area contributed by atoms with Crippen LogP contribution in [-0.2, 0) is 10.0 Å². The summed E-state index contributed by atoms with van der Waals surface area (Å²) in [5.41, 5.74) is 0. The van der Waals surface area contributed by atoms with Gasteiger partial charge in [0.05, 0.1) is 0 Å². The summed E-state index contributed by atoms with van der Waals surface area (Å²) in [4.78, 5) is -0.759. The maximum atomic E-state index is 13.1. The van der Waals surface area contributed by atoms with E-state index in [0.29, 0.717) is 6.07 Å². The van der Waals surface area contributed by atoms with Gasteiger partial charge in [-0.2, -0.15) is 0 Å². The van der Waals surface area contributed by atoms with Crippen LogP contribution in [0.25, 0.3) is 0 Å². The highest BCUT2D eigenvalue weighted by molar-refractivity contribution is 7.89. The number of hydrogen-bond acceptors (Lipinski definition) is 2. The molecule has 0 saturated heterocycles. The lowest BCUT2D eigenvalue weighted by atomic mass is 10.3. The maximum Gasteiger partial charge on any atom is 0.243 e. The van der Waals surface area contributed by atoms with Gasteiger partial charge in [-0.25, -0.2) is 21.9 Å². The van der Waals surface area contributed by atoms with Crippen molar-refractivity contribution >= 4 is 21.6 Å². The smallest absolute Gasteiger partial charge is 0.207 e. The minimum atomic E-state index is -4.12. The summed E-state index contributed by atoms with van der Waals surface area (Å²) in [6.07, 6.45) is 0. The molecule has 0 atom stereocenters. The molecule has 0 aliphatic rings.